The first-order chi connectivity index (χ1) is 7.57. The highest BCUT2D eigenvalue weighted by Crippen LogP contribution is 2.30. The fourth-order valence-corrected chi connectivity index (χ4v) is 2.92. The number of hydrogen-bond acceptors (Lipinski definition) is 3. The smallest absolute Gasteiger partial charge is 0.0476 e. The van der Waals surface area contributed by atoms with Crippen molar-refractivity contribution < 1.29 is 9.84 Å². The van der Waals surface area contributed by atoms with E-state index < -0.39 is 0 Å². The number of rotatable bonds is 5. The van der Waals surface area contributed by atoms with E-state index >= 15 is 0 Å². The molecule has 1 rings (SSSR count). The molecule has 1 fully saturated rings. The van der Waals surface area contributed by atoms with Gasteiger partial charge in [-0.3, -0.25) is 0 Å². The molecule has 1 heterocycles. The van der Waals surface area contributed by atoms with Crippen LogP contribution in [0.15, 0.2) is 0 Å². The van der Waals surface area contributed by atoms with Crippen molar-refractivity contribution >= 4 is 0 Å². The van der Waals surface area contributed by atoms with Crippen LogP contribution in [-0.2, 0) is 4.74 Å². The summed E-state index contributed by atoms with van der Waals surface area (Å²) in [5.41, 5.74) is 0. The third-order valence-corrected chi connectivity index (χ3v) is 3.85. The molecule has 0 saturated carbocycles. The highest BCUT2D eigenvalue weighted by molar-refractivity contribution is 4.85. The molecule has 0 radical (unpaired) electrons. The van der Waals surface area contributed by atoms with E-state index in [1.165, 1.54) is 0 Å². The fourth-order valence-electron chi connectivity index (χ4n) is 2.92. The highest BCUT2D eigenvalue weighted by Gasteiger charge is 2.33. The van der Waals surface area contributed by atoms with Crippen molar-refractivity contribution in [2.45, 2.75) is 32.7 Å². The quantitative estimate of drug-likeness (QED) is 0.777. The van der Waals surface area contributed by atoms with E-state index in [1.54, 1.807) is 0 Å². The van der Waals surface area contributed by atoms with Crippen LogP contribution < -0.4 is 0 Å². The third kappa shape index (κ3) is 3.44. The fraction of sp³-hybridized carbons (Fsp3) is 1.00. The van der Waals surface area contributed by atoms with Gasteiger partial charge >= 0.3 is 0 Å². The minimum Gasteiger partial charge on any atom is -0.396 e. The molecule has 0 aromatic carbocycles. The van der Waals surface area contributed by atoms with Crippen molar-refractivity contribution in [3.8, 4) is 0 Å². The maximum absolute atomic E-state index is 9.59. The van der Waals surface area contributed by atoms with Crippen LogP contribution in [0.5, 0.6) is 0 Å². The van der Waals surface area contributed by atoms with Crippen LogP contribution in [-0.4, -0.2) is 50.0 Å². The molecule has 3 heteroatoms. The van der Waals surface area contributed by atoms with E-state index in [0.717, 1.165) is 26.1 Å². The molecule has 1 saturated heterocycles. The van der Waals surface area contributed by atoms with Gasteiger partial charge < -0.3 is 14.7 Å². The van der Waals surface area contributed by atoms with Gasteiger partial charge in [-0.25, -0.2) is 0 Å². The Morgan fingerprint density at radius 3 is 2.19 bits per heavy atom. The topological polar surface area (TPSA) is 32.7 Å². The summed E-state index contributed by atoms with van der Waals surface area (Å²) in [4.78, 5) is 2.29. The average molecular weight is 229 g/mol. The number of ether oxygens (including phenoxy) is 1. The molecule has 2 atom stereocenters. The summed E-state index contributed by atoms with van der Waals surface area (Å²) in [6, 6.07) is 0.480. The monoisotopic (exact) mass is 229 g/mol. The normalized spacial score (nSPS) is 22.7. The maximum atomic E-state index is 9.59. The SMILES string of the molecule is CC(C)C(CO)C(C1CCOCC1)N(C)C. The second kappa shape index (κ2) is 6.58. The molecule has 0 aromatic heterocycles. The van der Waals surface area contributed by atoms with E-state index in [0.29, 0.717) is 23.8 Å². The number of nitrogens with zero attached hydrogens (tertiary/aromatic N) is 1. The van der Waals surface area contributed by atoms with Gasteiger partial charge in [-0.05, 0) is 38.8 Å². The highest BCUT2D eigenvalue weighted by atomic mass is 16.5. The summed E-state index contributed by atoms with van der Waals surface area (Å²) in [5, 5.41) is 9.59. The van der Waals surface area contributed by atoms with Crippen LogP contribution in [0, 0.1) is 17.8 Å². The molecular formula is C13H27NO2. The number of aliphatic hydroxyl groups is 1. The van der Waals surface area contributed by atoms with Crippen LogP contribution in [0.4, 0.5) is 0 Å². The van der Waals surface area contributed by atoms with E-state index in [4.69, 9.17) is 4.74 Å². The Hall–Kier alpha value is -0.120. The minimum atomic E-state index is 0.290. The number of aliphatic hydroxyl groups excluding tert-OH is 1. The maximum Gasteiger partial charge on any atom is 0.0476 e. The Balaban J connectivity index is 2.71. The lowest BCUT2D eigenvalue weighted by Gasteiger charge is -2.41. The van der Waals surface area contributed by atoms with Gasteiger partial charge in [0.15, 0.2) is 0 Å². The molecule has 96 valence electrons. The zero-order valence-electron chi connectivity index (χ0n) is 11.1. The molecule has 1 aliphatic rings. The van der Waals surface area contributed by atoms with Gasteiger partial charge in [-0.1, -0.05) is 13.8 Å². The van der Waals surface area contributed by atoms with Crippen LogP contribution in [0.25, 0.3) is 0 Å². The molecule has 16 heavy (non-hydrogen) atoms. The Morgan fingerprint density at radius 1 is 1.25 bits per heavy atom. The zero-order valence-corrected chi connectivity index (χ0v) is 11.1. The van der Waals surface area contributed by atoms with E-state index in [9.17, 15) is 5.11 Å². The van der Waals surface area contributed by atoms with Crippen LogP contribution in [0.3, 0.4) is 0 Å². The van der Waals surface area contributed by atoms with Gasteiger partial charge in [0.25, 0.3) is 0 Å². The van der Waals surface area contributed by atoms with Gasteiger partial charge in [0.2, 0.25) is 0 Å². The first kappa shape index (κ1) is 13.9. The summed E-state index contributed by atoms with van der Waals surface area (Å²) in [7, 11) is 4.26. The molecule has 0 aromatic rings. The molecule has 2 unspecified atom stereocenters. The van der Waals surface area contributed by atoms with Gasteiger partial charge in [0.05, 0.1) is 0 Å². The minimum absolute atomic E-state index is 0.290. The lowest BCUT2D eigenvalue weighted by Crippen LogP contribution is -2.46. The summed E-state index contributed by atoms with van der Waals surface area (Å²) >= 11 is 0. The summed E-state index contributed by atoms with van der Waals surface area (Å²) in [5.74, 6) is 1.57. The Kier molecular flexibility index (Phi) is 5.73. The Bertz CT molecular complexity index is 188. The largest absolute Gasteiger partial charge is 0.396 e. The van der Waals surface area contributed by atoms with Gasteiger partial charge in [0, 0.05) is 31.8 Å². The van der Waals surface area contributed by atoms with Crippen molar-refractivity contribution in [3.05, 3.63) is 0 Å². The first-order valence-electron chi connectivity index (χ1n) is 6.43. The van der Waals surface area contributed by atoms with Crippen molar-refractivity contribution in [1.82, 2.24) is 4.90 Å². The summed E-state index contributed by atoms with van der Waals surface area (Å²) < 4.78 is 5.42. The second-order valence-corrected chi connectivity index (χ2v) is 5.49. The molecule has 1 aliphatic heterocycles. The first-order valence-corrected chi connectivity index (χ1v) is 6.43. The van der Waals surface area contributed by atoms with E-state index in [-0.39, 0.29) is 6.61 Å². The van der Waals surface area contributed by atoms with Gasteiger partial charge in [-0.15, -0.1) is 0 Å². The van der Waals surface area contributed by atoms with Crippen molar-refractivity contribution in [2.24, 2.45) is 17.8 Å². The van der Waals surface area contributed by atoms with Crippen molar-refractivity contribution in [1.29, 1.82) is 0 Å². The van der Waals surface area contributed by atoms with Gasteiger partial charge in [0.1, 0.15) is 0 Å². The predicted octanol–water partition coefficient (Wildman–Crippen LogP) is 1.61. The standard InChI is InChI=1S/C13H27NO2/c1-10(2)12(9-15)13(14(3)4)11-5-7-16-8-6-11/h10-13,15H,5-9H2,1-4H3. The van der Waals surface area contributed by atoms with Gasteiger partial charge in [-0.2, -0.15) is 0 Å². The Morgan fingerprint density at radius 2 is 1.81 bits per heavy atom. The van der Waals surface area contributed by atoms with E-state index in [1.807, 2.05) is 0 Å². The third-order valence-electron chi connectivity index (χ3n) is 3.85. The zero-order chi connectivity index (χ0) is 12.1. The van der Waals surface area contributed by atoms with Crippen LogP contribution >= 0.6 is 0 Å². The average Bonchev–Trinajstić information content (AvgIpc) is 2.25. The lowest BCUT2D eigenvalue weighted by atomic mass is 9.78. The van der Waals surface area contributed by atoms with Crippen LogP contribution in [0.2, 0.25) is 0 Å². The lowest BCUT2D eigenvalue weighted by molar-refractivity contribution is -0.000388. The molecule has 0 aliphatic carbocycles. The second-order valence-electron chi connectivity index (χ2n) is 5.49. The van der Waals surface area contributed by atoms with E-state index in [2.05, 4.69) is 32.8 Å². The predicted molar refractivity (Wildman–Crippen MR) is 66.4 cm³/mol. The van der Waals surface area contributed by atoms with Crippen molar-refractivity contribution in [2.75, 3.05) is 33.9 Å². The molecule has 3 nitrogen and oxygen atoms in total. The Labute approximate surface area is 99.8 Å². The van der Waals surface area contributed by atoms with Crippen molar-refractivity contribution in [3.63, 3.8) is 0 Å². The molecular weight excluding hydrogens is 202 g/mol. The molecule has 1 N–H and O–H groups in total. The summed E-state index contributed by atoms with van der Waals surface area (Å²) in [6.45, 7) is 6.46. The van der Waals surface area contributed by atoms with Crippen LogP contribution in [0.1, 0.15) is 26.7 Å². The number of hydrogen-bond donors (Lipinski definition) is 1. The molecule has 0 amide bonds. The summed E-state index contributed by atoms with van der Waals surface area (Å²) in [6.07, 6.45) is 2.26. The molecule has 0 bridgehead atoms. The molecule has 0 spiro atoms.